The lowest BCUT2D eigenvalue weighted by molar-refractivity contribution is 0.127. The second-order valence-electron chi connectivity index (χ2n) is 4.34. The van der Waals surface area contributed by atoms with Gasteiger partial charge >= 0.3 is 0 Å². The largest absolute Gasteiger partial charge is 0.380 e. The number of nitriles is 1. The van der Waals surface area contributed by atoms with Gasteiger partial charge in [-0.3, -0.25) is 0 Å². The van der Waals surface area contributed by atoms with Crippen LogP contribution in [0.1, 0.15) is 26.3 Å². The minimum absolute atomic E-state index is 0.294. The van der Waals surface area contributed by atoms with Crippen molar-refractivity contribution in [1.29, 1.82) is 5.26 Å². The van der Waals surface area contributed by atoms with Gasteiger partial charge in [-0.05, 0) is 37.1 Å². The summed E-state index contributed by atoms with van der Waals surface area (Å²) in [6, 6.07) is 9.91. The van der Waals surface area contributed by atoms with E-state index in [1.54, 1.807) is 0 Å². The van der Waals surface area contributed by atoms with Gasteiger partial charge in [-0.25, -0.2) is 0 Å². The van der Waals surface area contributed by atoms with Crippen LogP contribution >= 0.6 is 0 Å². The minimum atomic E-state index is 0.294. The molecule has 0 fully saturated rings. The number of ether oxygens (including phenoxy) is 1. The normalized spacial score (nSPS) is 12.2. The van der Waals surface area contributed by atoms with Gasteiger partial charge in [0.25, 0.3) is 0 Å². The fraction of sp³-hybridized carbons (Fsp3) is 0.500. The lowest BCUT2D eigenvalue weighted by Crippen LogP contribution is -2.30. The third kappa shape index (κ3) is 4.46. The molecule has 1 atom stereocenters. The highest BCUT2D eigenvalue weighted by Gasteiger charge is 2.12. The quantitative estimate of drug-likeness (QED) is 0.820. The molecular weight excluding hydrogens is 212 g/mol. The van der Waals surface area contributed by atoms with Crippen molar-refractivity contribution in [2.24, 2.45) is 5.92 Å². The third-order valence-corrected chi connectivity index (χ3v) is 2.67. The van der Waals surface area contributed by atoms with Gasteiger partial charge in [-0.1, -0.05) is 13.8 Å². The zero-order chi connectivity index (χ0) is 12.7. The van der Waals surface area contributed by atoms with Crippen LogP contribution < -0.4 is 5.32 Å². The fourth-order valence-electron chi connectivity index (χ4n) is 1.50. The van der Waals surface area contributed by atoms with Crippen molar-refractivity contribution in [3.8, 4) is 6.07 Å². The maximum absolute atomic E-state index is 8.72. The van der Waals surface area contributed by atoms with Crippen molar-refractivity contribution in [3.05, 3.63) is 29.8 Å². The second kappa shape index (κ2) is 6.93. The average Bonchev–Trinajstić information content (AvgIpc) is 2.35. The van der Waals surface area contributed by atoms with Crippen molar-refractivity contribution in [2.45, 2.75) is 26.8 Å². The van der Waals surface area contributed by atoms with E-state index in [4.69, 9.17) is 10.00 Å². The molecule has 3 heteroatoms. The summed E-state index contributed by atoms with van der Waals surface area (Å²) in [6.07, 6.45) is 0. The monoisotopic (exact) mass is 232 g/mol. The van der Waals surface area contributed by atoms with Gasteiger partial charge in [0.1, 0.15) is 0 Å². The lowest BCUT2D eigenvalue weighted by Gasteiger charge is -2.23. The van der Waals surface area contributed by atoms with Crippen molar-refractivity contribution >= 4 is 5.69 Å². The Morgan fingerprint density at radius 3 is 2.41 bits per heavy atom. The van der Waals surface area contributed by atoms with Crippen LogP contribution in [0.3, 0.4) is 0 Å². The number of hydrogen-bond donors (Lipinski definition) is 1. The first-order valence-corrected chi connectivity index (χ1v) is 6.01. The predicted octanol–water partition coefficient (Wildman–Crippen LogP) is 3.03. The zero-order valence-electron chi connectivity index (χ0n) is 10.7. The molecule has 1 aromatic rings. The highest BCUT2D eigenvalue weighted by Crippen LogP contribution is 2.14. The van der Waals surface area contributed by atoms with Crippen LogP contribution in [0.15, 0.2) is 24.3 Å². The lowest BCUT2D eigenvalue weighted by atomic mass is 10.0. The van der Waals surface area contributed by atoms with Gasteiger partial charge in [0.05, 0.1) is 24.3 Å². The molecule has 0 saturated heterocycles. The molecule has 0 aliphatic carbocycles. The average molecular weight is 232 g/mol. The molecule has 0 aliphatic heterocycles. The van der Waals surface area contributed by atoms with Gasteiger partial charge < -0.3 is 10.1 Å². The Morgan fingerprint density at radius 1 is 1.29 bits per heavy atom. The standard InChI is InChI=1S/C14H20N2O/c1-4-17-10-14(11(2)3)16-13-7-5-12(9-15)6-8-13/h5-8,11,14,16H,4,10H2,1-3H3. The van der Waals surface area contributed by atoms with Gasteiger partial charge in [-0.15, -0.1) is 0 Å². The summed E-state index contributed by atoms with van der Waals surface area (Å²) in [5.41, 5.74) is 1.71. The van der Waals surface area contributed by atoms with Gasteiger partial charge in [0, 0.05) is 12.3 Å². The van der Waals surface area contributed by atoms with E-state index in [0.29, 0.717) is 24.1 Å². The van der Waals surface area contributed by atoms with Crippen molar-refractivity contribution in [2.75, 3.05) is 18.5 Å². The predicted molar refractivity (Wildman–Crippen MR) is 69.9 cm³/mol. The number of nitrogens with one attached hydrogen (secondary N) is 1. The molecule has 0 spiro atoms. The molecule has 92 valence electrons. The molecule has 1 rings (SSSR count). The molecule has 0 heterocycles. The molecule has 0 radical (unpaired) electrons. The molecule has 3 nitrogen and oxygen atoms in total. The number of benzene rings is 1. The number of nitrogens with zero attached hydrogens (tertiary/aromatic N) is 1. The van der Waals surface area contributed by atoms with E-state index in [0.717, 1.165) is 12.3 Å². The van der Waals surface area contributed by atoms with E-state index in [1.165, 1.54) is 0 Å². The highest BCUT2D eigenvalue weighted by molar-refractivity contribution is 5.47. The SMILES string of the molecule is CCOCC(Nc1ccc(C#N)cc1)C(C)C. The Hall–Kier alpha value is -1.53. The topological polar surface area (TPSA) is 45.0 Å². The third-order valence-electron chi connectivity index (χ3n) is 2.67. The van der Waals surface area contributed by atoms with Crippen LogP contribution in [0.25, 0.3) is 0 Å². The van der Waals surface area contributed by atoms with Crippen molar-refractivity contribution in [3.63, 3.8) is 0 Å². The van der Waals surface area contributed by atoms with Crippen LogP contribution in [0.5, 0.6) is 0 Å². The van der Waals surface area contributed by atoms with E-state index < -0.39 is 0 Å². The summed E-state index contributed by atoms with van der Waals surface area (Å²) in [5.74, 6) is 0.497. The van der Waals surface area contributed by atoms with Gasteiger partial charge in [0.2, 0.25) is 0 Å². The molecule has 0 saturated carbocycles. The Balaban J connectivity index is 2.62. The van der Waals surface area contributed by atoms with Crippen LogP contribution in [-0.4, -0.2) is 19.3 Å². The van der Waals surface area contributed by atoms with Gasteiger partial charge in [-0.2, -0.15) is 5.26 Å². The number of rotatable bonds is 6. The molecule has 1 N–H and O–H groups in total. The summed E-state index contributed by atoms with van der Waals surface area (Å²) in [5, 5.41) is 12.2. The zero-order valence-corrected chi connectivity index (χ0v) is 10.7. The molecule has 1 aromatic carbocycles. The van der Waals surface area contributed by atoms with E-state index in [9.17, 15) is 0 Å². The van der Waals surface area contributed by atoms with Crippen LogP contribution in [0.4, 0.5) is 5.69 Å². The highest BCUT2D eigenvalue weighted by atomic mass is 16.5. The second-order valence-corrected chi connectivity index (χ2v) is 4.34. The van der Waals surface area contributed by atoms with E-state index in [1.807, 2.05) is 31.2 Å². The first-order valence-electron chi connectivity index (χ1n) is 6.01. The molecule has 0 aromatic heterocycles. The first kappa shape index (κ1) is 13.5. The molecule has 17 heavy (non-hydrogen) atoms. The Kier molecular flexibility index (Phi) is 5.51. The molecule has 0 amide bonds. The van der Waals surface area contributed by atoms with E-state index in [-0.39, 0.29) is 0 Å². The Morgan fingerprint density at radius 2 is 1.94 bits per heavy atom. The Bertz CT molecular complexity index is 365. The summed E-state index contributed by atoms with van der Waals surface area (Å²) < 4.78 is 5.46. The summed E-state index contributed by atoms with van der Waals surface area (Å²) in [7, 11) is 0. The summed E-state index contributed by atoms with van der Waals surface area (Å²) in [4.78, 5) is 0. The minimum Gasteiger partial charge on any atom is -0.380 e. The number of anilines is 1. The number of hydrogen-bond acceptors (Lipinski definition) is 3. The molecular formula is C14H20N2O. The summed E-state index contributed by atoms with van der Waals surface area (Å²) in [6.45, 7) is 7.77. The van der Waals surface area contributed by atoms with Crippen LogP contribution in [0, 0.1) is 17.2 Å². The molecule has 0 bridgehead atoms. The smallest absolute Gasteiger partial charge is 0.0991 e. The first-order chi connectivity index (χ1) is 8.17. The van der Waals surface area contributed by atoms with Crippen LogP contribution in [-0.2, 0) is 4.74 Å². The Labute approximate surface area is 103 Å². The summed E-state index contributed by atoms with van der Waals surface area (Å²) >= 11 is 0. The van der Waals surface area contributed by atoms with E-state index in [2.05, 4.69) is 25.2 Å². The van der Waals surface area contributed by atoms with Crippen LogP contribution in [0.2, 0.25) is 0 Å². The van der Waals surface area contributed by atoms with E-state index >= 15 is 0 Å². The maximum Gasteiger partial charge on any atom is 0.0991 e. The van der Waals surface area contributed by atoms with Crippen molar-refractivity contribution < 1.29 is 4.74 Å². The maximum atomic E-state index is 8.72. The molecule has 1 unspecified atom stereocenters. The fourth-order valence-corrected chi connectivity index (χ4v) is 1.50. The van der Waals surface area contributed by atoms with Gasteiger partial charge in [0.15, 0.2) is 0 Å². The van der Waals surface area contributed by atoms with Crippen molar-refractivity contribution in [1.82, 2.24) is 0 Å². The molecule has 0 aliphatic rings.